The van der Waals surface area contributed by atoms with Crippen LogP contribution in [-0.4, -0.2) is 21.1 Å². The number of nitrogens with one attached hydrogen (secondary N) is 2. The lowest BCUT2D eigenvalue weighted by molar-refractivity contribution is 0.102. The second-order valence-corrected chi connectivity index (χ2v) is 4.90. The van der Waals surface area contributed by atoms with Crippen molar-refractivity contribution < 1.29 is 4.79 Å². The Kier molecular flexibility index (Phi) is 3.57. The fraction of sp³-hybridized carbons (Fsp3) is 0.0625. The van der Waals surface area contributed by atoms with Crippen LogP contribution in [0.15, 0.2) is 48.5 Å². The highest BCUT2D eigenvalue weighted by Crippen LogP contribution is 2.20. The summed E-state index contributed by atoms with van der Waals surface area (Å²) in [5, 5.41) is 9.75. The van der Waals surface area contributed by atoms with E-state index in [0.29, 0.717) is 22.8 Å². The molecule has 0 atom stereocenters. The monoisotopic (exact) mass is 293 g/mol. The summed E-state index contributed by atoms with van der Waals surface area (Å²) in [5.41, 5.74) is 8.26. The number of rotatable bonds is 3. The fourth-order valence-electron chi connectivity index (χ4n) is 2.09. The maximum Gasteiger partial charge on any atom is 0.255 e. The van der Waals surface area contributed by atoms with Gasteiger partial charge in [-0.15, -0.1) is 0 Å². The number of aromatic nitrogens is 3. The quantitative estimate of drug-likeness (QED) is 0.647. The molecule has 6 heteroatoms. The maximum absolute atomic E-state index is 12.2. The summed E-state index contributed by atoms with van der Waals surface area (Å²) < 4.78 is 0. The molecule has 0 spiro atoms. The number of aryl methyl sites for hydroxylation is 1. The average Bonchev–Trinajstić information content (AvgIpc) is 2.94. The second kappa shape index (κ2) is 5.69. The number of hydrogen-bond acceptors (Lipinski definition) is 4. The Balaban J connectivity index is 1.82. The Morgan fingerprint density at radius 3 is 2.73 bits per heavy atom. The number of nitrogens with two attached hydrogens (primary N) is 1. The summed E-state index contributed by atoms with van der Waals surface area (Å²) in [6.45, 7) is 1.84. The Morgan fingerprint density at radius 2 is 2.00 bits per heavy atom. The number of hydrogen-bond donors (Lipinski definition) is 3. The number of anilines is 2. The SMILES string of the molecule is Cc1nc(-c2cccc(NC(=O)c3cccc(N)c3)c2)n[nH]1. The van der Waals surface area contributed by atoms with Gasteiger partial charge in [-0.1, -0.05) is 18.2 Å². The van der Waals surface area contributed by atoms with Crippen molar-refractivity contribution in [1.82, 2.24) is 15.2 Å². The summed E-state index contributed by atoms with van der Waals surface area (Å²) in [5.74, 6) is 1.12. The molecular formula is C16H15N5O. The lowest BCUT2D eigenvalue weighted by atomic mass is 10.1. The molecule has 0 bridgehead atoms. The third-order valence-electron chi connectivity index (χ3n) is 3.12. The van der Waals surface area contributed by atoms with E-state index < -0.39 is 0 Å². The highest BCUT2D eigenvalue weighted by atomic mass is 16.1. The van der Waals surface area contributed by atoms with E-state index in [1.807, 2.05) is 31.2 Å². The normalized spacial score (nSPS) is 10.4. The Labute approximate surface area is 127 Å². The summed E-state index contributed by atoms with van der Waals surface area (Å²) in [6.07, 6.45) is 0. The molecule has 0 aliphatic carbocycles. The van der Waals surface area contributed by atoms with Crippen LogP contribution >= 0.6 is 0 Å². The smallest absolute Gasteiger partial charge is 0.255 e. The molecule has 4 N–H and O–H groups in total. The first-order valence-corrected chi connectivity index (χ1v) is 6.78. The molecule has 110 valence electrons. The summed E-state index contributed by atoms with van der Waals surface area (Å²) in [7, 11) is 0. The summed E-state index contributed by atoms with van der Waals surface area (Å²) >= 11 is 0. The van der Waals surface area contributed by atoms with Crippen molar-refractivity contribution in [1.29, 1.82) is 0 Å². The average molecular weight is 293 g/mol. The standard InChI is InChI=1S/C16H15N5O/c1-10-18-15(21-20-10)11-4-3-7-14(9-11)19-16(22)12-5-2-6-13(17)8-12/h2-9H,17H2,1H3,(H,19,22)(H,18,20,21). The molecular weight excluding hydrogens is 278 g/mol. The van der Waals surface area contributed by atoms with E-state index in [1.54, 1.807) is 24.3 Å². The van der Waals surface area contributed by atoms with Gasteiger partial charge in [-0.25, -0.2) is 4.98 Å². The molecule has 0 saturated heterocycles. The first kappa shape index (κ1) is 13.8. The molecule has 0 saturated carbocycles. The van der Waals surface area contributed by atoms with E-state index in [9.17, 15) is 4.79 Å². The van der Waals surface area contributed by atoms with Crippen molar-refractivity contribution in [2.75, 3.05) is 11.1 Å². The molecule has 6 nitrogen and oxygen atoms in total. The van der Waals surface area contributed by atoms with E-state index >= 15 is 0 Å². The van der Waals surface area contributed by atoms with Gasteiger partial charge in [0.25, 0.3) is 5.91 Å². The molecule has 22 heavy (non-hydrogen) atoms. The number of amides is 1. The van der Waals surface area contributed by atoms with Crippen molar-refractivity contribution in [2.24, 2.45) is 0 Å². The van der Waals surface area contributed by atoms with Crippen LogP contribution < -0.4 is 11.1 Å². The predicted octanol–water partition coefficient (Wildman–Crippen LogP) is 2.61. The van der Waals surface area contributed by atoms with Crippen LogP contribution in [0.5, 0.6) is 0 Å². The van der Waals surface area contributed by atoms with Gasteiger partial charge < -0.3 is 11.1 Å². The molecule has 0 aliphatic rings. The minimum atomic E-state index is -0.212. The van der Waals surface area contributed by atoms with Crippen molar-refractivity contribution >= 4 is 17.3 Å². The Hall–Kier alpha value is -3.15. The van der Waals surface area contributed by atoms with Crippen molar-refractivity contribution in [3.63, 3.8) is 0 Å². The number of nitrogens with zero attached hydrogens (tertiary/aromatic N) is 2. The lowest BCUT2D eigenvalue weighted by Crippen LogP contribution is -2.12. The number of aromatic amines is 1. The lowest BCUT2D eigenvalue weighted by Gasteiger charge is -2.07. The number of carbonyl (C=O) groups excluding carboxylic acids is 1. The van der Waals surface area contributed by atoms with Crippen molar-refractivity contribution in [3.05, 3.63) is 59.9 Å². The van der Waals surface area contributed by atoms with E-state index in [0.717, 1.165) is 11.4 Å². The topological polar surface area (TPSA) is 96.7 Å². The maximum atomic E-state index is 12.2. The number of carbonyl (C=O) groups is 1. The highest BCUT2D eigenvalue weighted by molar-refractivity contribution is 6.04. The summed E-state index contributed by atoms with van der Waals surface area (Å²) in [6, 6.07) is 14.2. The molecule has 0 radical (unpaired) electrons. The number of benzene rings is 2. The first-order chi connectivity index (χ1) is 10.6. The van der Waals surface area contributed by atoms with Crippen LogP contribution in [0.1, 0.15) is 16.2 Å². The highest BCUT2D eigenvalue weighted by Gasteiger charge is 2.08. The Morgan fingerprint density at radius 1 is 1.18 bits per heavy atom. The van der Waals surface area contributed by atoms with Gasteiger partial charge in [0.05, 0.1) is 0 Å². The van der Waals surface area contributed by atoms with Crippen LogP contribution in [0, 0.1) is 6.92 Å². The number of nitrogen functional groups attached to an aromatic ring is 1. The van der Waals surface area contributed by atoms with Gasteiger partial charge in [0.2, 0.25) is 0 Å². The zero-order chi connectivity index (χ0) is 15.5. The third kappa shape index (κ3) is 2.95. The van der Waals surface area contributed by atoms with Crippen LogP contribution in [0.25, 0.3) is 11.4 Å². The van der Waals surface area contributed by atoms with Gasteiger partial charge in [-0.3, -0.25) is 9.89 Å². The molecule has 0 fully saturated rings. The minimum Gasteiger partial charge on any atom is -0.399 e. The van der Waals surface area contributed by atoms with E-state index in [1.165, 1.54) is 0 Å². The number of H-pyrrole nitrogens is 1. The van der Waals surface area contributed by atoms with Crippen LogP contribution in [-0.2, 0) is 0 Å². The molecule has 2 aromatic carbocycles. The predicted molar refractivity (Wildman–Crippen MR) is 85.4 cm³/mol. The minimum absolute atomic E-state index is 0.212. The third-order valence-corrected chi connectivity index (χ3v) is 3.12. The zero-order valence-corrected chi connectivity index (χ0v) is 12.0. The molecule has 0 aliphatic heterocycles. The molecule has 1 amide bonds. The van der Waals surface area contributed by atoms with Crippen LogP contribution in [0.2, 0.25) is 0 Å². The zero-order valence-electron chi connectivity index (χ0n) is 12.0. The molecule has 3 aromatic rings. The van der Waals surface area contributed by atoms with Gasteiger partial charge in [0.1, 0.15) is 5.82 Å². The van der Waals surface area contributed by atoms with Gasteiger partial charge in [0, 0.05) is 22.5 Å². The van der Waals surface area contributed by atoms with Crippen LogP contribution in [0.3, 0.4) is 0 Å². The van der Waals surface area contributed by atoms with E-state index in [4.69, 9.17) is 5.73 Å². The Bertz CT molecular complexity index is 825. The fourth-order valence-corrected chi connectivity index (χ4v) is 2.09. The summed E-state index contributed by atoms with van der Waals surface area (Å²) in [4.78, 5) is 16.5. The molecule has 3 rings (SSSR count). The molecule has 1 heterocycles. The van der Waals surface area contributed by atoms with Gasteiger partial charge in [-0.05, 0) is 37.3 Å². The van der Waals surface area contributed by atoms with Gasteiger partial charge >= 0.3 is 0 Å². The first-order valence-electron chi connectivity index (χ1n) is 6.78. The second-order valence-electron chi connectivity index (χ2n) is 4.90. The van der Waals surface area contributed by atoms with Gasteiger partial charge in [-0.2, -0.15) is 5.10 Å². The molecule has 1 aromatic heterocycles. The molecule has 0 unspecified atom stereocenters. The van der Waals surface area contributed by atoms with Gasteiger partial charge in [0.15, 0.2) is 5.82 Å². The van der Waals surface area contributed by atoms with Crippen molar-refractivity contribution in [3.8, 4) is 11.4 Å². The van der Waals surface area contributed by atoms with Crippen LogP contribution in [0.4, 0.5) is 11.4 Å². The largest absolute Gasteiger partial charge is 0.399 e. The van der Waals surface area contributed by atoms with Crippen molar-refractivity contribution in [2.45, 2.75) is 6.92 Å². The van der Waals surface area contributed by atoms with E-state index in [-0.39, 0.29) is 5.91 Å². The van der Waals surface area contributed by atoms with E-state index in [2.05, 4.69) is 20.5 Å².